The number of rotatable bonds is 4. The van der Waals surface area contributed by atoms with Gasteiger partial charge in [0, 0.05) is 13.0 Å². The number of imide groups is 1. The van der Waals surface area contributed by atoms with Gasteiger partial charge in [0.15, 0.2) is 6.04 Å². The van der Waals surface area contributed by atoms with E-state index in [2.05, 4.69) is 0 Å². The lowest BCUT2D eigenvalue weighted by molar-refractivity contribution is -0.162. The summed E-state index contributed by atoms with van der Waals surface area (Å²) in [5, 5.41) is 0. The Morgan fingerprint density at radius 1 is 0.971 bits per heavy atom. The van der Waals surface area contributed by atoms with Crippen LogP contribution in [0.5, 0.6) is 0 Å². The van der Waals surface area contributed by atoms with Gasteiger partial charge in [-0.1, -0.05) is 30.3 Å². The average Bonchev–Trinajstić information content (AvgIpc) is 2.75. The molecule has 1 heterocycles. The van der Waals surface area contributed by atoms with E-state index in [1.54, 1.807) is 55.6 Å². The number of methoxy groups -OCH3 is 1. The van der Waals surface area contributed by atoms with E-state index in [9.17, 15) is 14.4 Å². The molecule has 9 heteroatoms. The van der Waals surface area contributed by atoms with Crippen molar-refractivity contribution in [3.63, 3.8) is 0 Å². The fraction of sp³-hybridized carbons (Fsp3) is 0.654. The highest BCUT2D eigenvalue weighted by atomic mass is 16.6. The third kappa shape index (κ3) is 8.81. The smallest absolute Gasteiger partial charge is 0.420 e. The topological polar surface area (TPSA) is 101 Å². The first-order chi connectivity index (χ1) is 16.2. The highest BCUT2D eigenvalue weighted by Gasteiger charge is 2.44. The van der Waals surface area contributed by atoms with Gasteiger partial charge in [-0.25, -0.2) is 14.4 Å². The molecule has 0 spiro atoms. The molecule has 1 saturated heterocycles. The van der Waals surface area contributed by atoms with Gasteiger partial charge in [0.1, 0.15) is 17.3 Å². The van der Waals surface area contributed by atoms with E-state index in [1.807, 2.05) is 30.3 Å². The van der Waals surface area contributed by atoms with Gasteiger partial charge >= 0.3 is 18.2 Å². The first kappa shape index (κ1) is 28.6. The minimum absolute atomic E-state index is 0.138. The second kappa shape index (κ2) is 11.9. The maximum absolute atomic E-state index is 13.2. The first-order valence-electron chi connectivity index (χ1n) is 11.8. The fourth-order valence-corrected chi connectivity index (χ4v) is 3.81. The van der Waals surface area contributed by atoms with Gasteiger partial charge in [-0.05, 0) is 60.5 Å². The van der Waals surface area contributed by atoms with E-state index in [0.29, 0.717) is 11.3 Å². The van der Waals surface area contributed by atoms with Gasteiger partial charge in [-0.2, -0.15) is 4.90 Å². The second-order valence-electron chi connectivity index (χ2n) is 10.7. The largest absolute Gasteiger partial charge is 0.458 e. The number of carbonyl (C=O) groups is 3. The van der Waals surface area contributed by atoms with E-state index in [0.717, 1.165) is 5.56 Å². The molecule has 0 saturated carbocycles. The minimum Gasteiger partial charge on any atom is -0.458 e. The predicted octanol–water partition coefficient (Wildman–Crippen LogP) is 4.36. The first-order valence-corrected chi connectivity index (χ1v) is 11.8. The van der Waals surface area contributed by atoms with Gasteiger partial charge < -0.3 is 23.7 Å². The highest BCUT2D eigenvalue weighted by molar-refractivity contribution is 5.94. The normalized spacial score (nSPS) is 23.8. The SMILES string of the molecule is COC1C(Cc2ccccc2)COCC(N(C(=O)OC(C)(C)C)C(=O)OC(C)(C)C)C(=O)OC1C. The van der Waals surface area contributed by atoms with Gasteiger partial charge in [0.05, 0.1) is 19.3 Å². The Morgan fingerprint density at radius 3 is 2.00 bits per heavy atom. The molecule has 0 radical (unpaired) electrons. The summed E-state index contributed by atoms with van der Waals surface area (Å²) in [5.74, 6) is -0.947. The molecule has 1 aromatic rings. The summed E-state index contributed by atoms with van der Waals surface area (Å²) in [6, 6.07) is 8.46. The Kier molecular flexibility index (Phi) is 9.68. The van der Waals surface area contributed by atoms with Crippen LogP contribution in [-0.2, 0) is 34.9 Å². The molecular formula is C26H39NO8. The predicted molar refractivity (Wildman–Crippen MR) is 129 cm³/mol. The van der Waals surface area contributed by atoms with Gasteiger partial charge in [-0.3, -0.25) is 0 Å². The van der Waals surface area contributed by atoms with Crippen molar-refractivity contribution in [2.75, 3.05) is 20.3 Å². The van der Waals surface area contributed by atoms with Crippen molar-refractivity contribution in [1.82, 2.24) is 4.90 Å². The molecule has 0 bridgehead atoms. The molecule has 1 aliphatic heterocycles. The number of amides is 2. The van der Waals surface area contributed by atoms with Crippen molar-refractivity contribution in [3.05, 3.63) is 35.9 Å². The van der Waals surface area contributed by atoms with Gasteiger partial charge in [-0.15, -0.1) is 0 Å². The molecule has 196 valence electrons. The number of carbonyl (C=O) groups excluding carboxylic acids is 3. The lowest BCUT2D eigenvalue weighted by Gasteiger charge is -2.32. The highest BCUT2D eigenvalue weighted by Crippen LogP contribution is 2.24. The monoisotopic (exact) mass is 493 g/mol. The van der Waals surface area contributed by atoms with E-state index in [-0.39, 0.29) is 19.1 Å². The number of hydrogen-bond acceptors (Lipinski definition) is 8. The number of benzene rings is 1. The number of esters is 1. The van der Waals surface area contributed by atoms with Crippen LogP contribution >= 0.6 is 0 Å². The average molecular weight is 494 g/mol. The number of hydrogen-bond donors (Lipinski definition) is 0. The molecule has 2 amide bonds. The Balaban J connectivity index is 2.35. The molecule has 2 rings (SSSR count). The van der Waals surface area contributed by atoms with Crippen molar-refractivity contribution >= 4 is 18.2 Å². The van der Waals surface area contributed by atoms with Crippen molar-refractivity contribution in [2.24, 2.45) is 5.92 Å². The maximum Gasteiger partial charge on any atom is 0.420 e. The van der Waals surface area contributed by atoms with Crippen molar-refractivity contribution in [3.8, 4) is 0 Å². The van der Waals surface area contributed by atoms with Crippen molar-refractivity contribution < 1.29 is 38.1 Å². The summed E-state index contributed by atoms with van der Waals surface area (Å²) < 4.78 is 28.1. The molecule has 1 aromatic carbocycles. The fourth-order valence-electron chi connectivity index (χ4n) is 3.81. The second-order valence-corrected chi connectivity index (χ2v) is 10.7. The van der Waals surface area contributed by atoms with Gasteiger partial charge in [0.25, 0.3) is 0 Å². The summed E-state index contributed by atoms with van der Waals surface area (Å²) in [4.78, 5) is 39.9. The zero-order chi connectivity index (χ0) is 26.4. The lowest BCUT2D eigenvalue weighted by Crippen LogP contribution is -2.54. The van der Waals surface area contributed by atoms with Crippen LogP contribution in [0.15, 0.2) is 30.3 Å². The van der Waals surface area contributed by atoms with E-state index >= 15 is 0 Å². The molecular weight excluding hydrogens is 454 g/mol. The van der Waals surface area contributed by atoms with Gasteiger partial charge in [0.2, 0.25) is 0 Å². The zero-order valence-corrected chi connectivity index (χ0v) is 22.0. The minimum atomic E-state index is -1.39. The molecule has 0 N–H and O–H groups in total. The number of nitrogens with zero attached hydrogens (tertiary/aromatic N) is 1. The summed E-state index contributed by atoms with van der Waals surface area (Å²) in [6.07, 6.45) is -2.53. The van der Waals surface area contributed by atoms with Crippen LogP contribution in [0, 0.1) is 5.92 Å². The molecule has 4 unspecified atom stereocenters. The summed E-state index contributed by atoms with van der Waals surface area (Å²) in [6.45, 7) is 11.6. The zero-order valence-electron chi connectivity index (χ0n) is 22.0. The van der Waals surface area contributed by atoms with Crippen LogP contribution in [0.2, 0.25) is 0 Å². The summed E-state index contributed by atoms with van der Waals surface area (Å²) >= 11 is 0. The Bertz CT molecular complexity index is 830. The Labute approximate surface area is 208 Å². The van der Waals surface area contributed by atoms with Crippen LogP contribution in [0.3, 0.4) is 0 Å². The van der Waals surface area contributed by atoms with E-state index < -0.39 is 47.6 Å². The maximum atomic E-state index is 13.2. The number of cyclic esters (lactones) is 1. The van der Waals surface area contributed by atoms with E-state index in [1.165, 1.54) is 0 Å². The van der Waals surface area contributed by atoms with Crippen LogP contribution in [0.1, 0.15) is 54.0 Å². The molecule has 0 aliphatic carbocycles. The molecule has 1 fully saturated rings. The molecule has 4 atom stereocenters. The molecule has 35 heavy (non-hydrogen) atoms. The van der Waals surface area contributed by atoms with Crippen LogP contribution in [0.25, 0.3) is 0 Å². The Hall–Kier alpha value is -2.65. The Morgan fingerprint density at radius 2 is 1.51 bits per heavy atom. The molecule has 0 aromatic heterocycles. The van der Waals surface area contributed by atoms with Crippen molar-refractivity contribution in [1.29, 1.82) is 0 Å². The third-order valence-electron chi connectivity index (χ3n) is 5.21. The molecule has 1 aliphatic rings. The van der Waals surface area contributed by atoms with E-state index in [4.69, 9.17) is 23.7 Å². The van der Waals surface area contributed by atoms with Crippen LogP contribution in [-0.4, -0.2) is 72.8 Å². The van der Waals surface area contributed by atoms with Crippen LogP contribution in [0.4, 0.5) is 9.59 Å². The summed E-state index contributed by atoms with van der Waals surface area (Å²) in [5.41, 5.74) is -0.729. The number of ether oxygens (including phenoxy) is 5. The quantitative estimate of drug-likeness (QED) is 0.450. The summed E-state index contributed by atoms with van der Waals surface area (Å²) in [7, 11) is 1.55. The standard InChI is InChI=1S/C26H39NO8/c1-17-21(31-8)19(14-18-12-10-9-11-13-18)15-32-16-20(22(28)33-17)27(23(29)34-25(2,3)4)24(30)35-26(5,6)7/h9-13,17,19-21H,14-16H2,1-8H3. The third-order valence-corrected chi connectivity index (χ3v) is 5.21. The lowest BCUT2D eigenvalue weighted by atomic mass is 9.92. The molecule has 9 nitrogen and oxygen atoms in total. The van der Waals surface area contributed by atoms with Crippen LogP contribution < -0.4 is 0 Å². The van der Waals surface area contributed by atoms with Crippen molar-refractivity contribution in [2.45, 2.75) is 84.3 Å².